The number of carboxylic acids is 1. The number of hydrogen-bond donors (Lipinski definition) is 4. The fourth-order valence-corrected chi connectivity index (χ4v) is 18.9. The Labute approximate surface area is 957 Å². The van der Waals surface area contributed by atoms with Gasteiger partial charge in [0.25, 0.3) is 5.56 Å². The Morgan fingerprint density at radius 1 is 0.631 bits per heavy atom. The molecule has 41 nitrogen and oxygen atoms in total. The van der Waals surface area contributed by atoms with Gasteiger partial charge in [-0.05, 0) is 146 Å². The third kappa shape index (κ3) is 32.6. The Morgan fingerprint density at radius 2 is 1.23 bits per heavy atom. The van der Waals surface area contributed by atoms with E-state index >= 15 is 0 Å². The average molecular weight is 2100 g/mol. The molecule has 14 rings (SSSR count). The number of hydrogen-bond acceptors (Lipinski definition) is 40. The monoisotopic (exact) mass is 2100 g/mol. The topological polar surface area (TPSA) is 652 Å². The molecule has 4 N–H and O–H groups in total. The number of benzene rings is 8. The molecule has 8 aromatic carbocycles. The first-order chi connectivity index (χ1) is 62.6. The summed E-state index contributed by atoms with van der Waals surface area (Å²) >= 11 is 2.01. The Kier molecular flexibility index (Phi) is 52.1. The number of carbonyl (C=O) groups excluding carboxylic acids is 4. The Balaban J connectivity index is 0.000000834. The molecule has 0 fully saturated rings. The number of pyridine rings is 2. The van der Waals surface area contributed by atoms with Crippen LogP contribution in [0.5, 0.6) is 0 Å². The van der Waals surface area contributed by atoms with Crippen molar-refractivity contribution in [2.45, 2.75) is 113 Å². The molecule has 13 aromatic rings. The Bertz CT molecular complexity index is 7870. The largest absolute Gasteiger partial charge is 1.00 e. The summed E-state index contributed by atoms with van der Waals surface area (Å²) in [6.07, 6.45) is 2.79. The second-order valence-corrected chi connectivity index (χ2v) is 37.1. The van der Waals surface area contributed by atoms with Crippen LogP contribution in [0.3, 0.4) is 0 Å². The van der Waals surface area contributed by atoms with Crippen LogP contribution in [0.25, 0.3) is 47.6 Å². The number of carboxylic acid groups (broad SMARTS) is 1. The predicted octanol–water partition coefficient (Wildman–Crippen LogP) is -14.5. The number of azo groups is 1. The van der Waals surface area contributed by atoms with Crippen LogP contribution >= 0.6 is 22.7 Å². The van der Waals surface area contributed by atoms with Crippen molar-refractivity contribution in [3.05, 3.63) is 229 Å². The number of anilines is 8. The molecule has 0 saturated heterocycles. The van der Waals surface area contributed by atoms with Crippen molar-refractivity contribution in [2.24, 2.45) is 17.3 Å². The molecular weight excluding hydrogens is 2030 g/mol. The van der Waals surface area contributed by atoms with E-state index in [9.17, 15) is 86.2 Å². The number of unbranched alkanes of at least 4 members (excludes halogenated alkanes) is 2. The van der Waals surface area contributed by atoms with Gasteiger partial charge in [0.1, 0.15) is 65.1 Å². The summed E-state index contributed by atoms with van der Waals surface area (Å²) in [6.45, 7) is 12.6. The van der Waals surface area contributed by atoms with Crippen LogP contribution in [0.15, 0.2) is 168 Å². The van der Waals surface area contributed by atoms with Crippen molar-refractivity contribution < 1.29 is 308 Å². The first-order valence-corrected chi connectivity index (χ1v) is 48.9. The molecule has 0 aliphatic heterocycles. The van der Waals surface area contributed by atoms with Gasteiger partial charge in [0, 0.05) is 35.2 Å². The SMILES string of the molecule is CCc1[c-]c(C)cc(CC)c1Nc1nc(N(c2nc3ccc(S(=O)(=O)[O-])cc3s2)c2ccc(C)c(S(=O)(=O)[O-])c2CC)cc(C)c1N=Nc1c(C#N)c(C)nn1-c1nc2ccc(S(=O)(=O)[O-])cc2s1.Cn1c(=O)c(C(=O)c2c[c-]ccc2)c2c3c(c(Nc4[c-]cc(S(=O)(=O)[O-])c(NC(=O)CNCCCCCC(=O)[O-])c4)ccc31)C(=O)c1ccccc1-2.O=S(=O)=O.O=S(=O)=O.O=S(=O)=O.[Li+].[Li+].[Li+].[Li+].[Na+].[Na+].[Na+].[Na+]. The van der Waals surface area contributed by atoms with Crippen molar-refractivity contribution >= 4 is 206 Å². The van der Waals surface area contributed by atoms with Gasteiger partial charge in [-0.3, -0.25) is 27.7 Å². The molecule has 694 valence electrons. The van der Waals surface area contributed by atoms with Crippen molar-refractivity contribution in [1.82, 2.24) is 34.6 Å². The minimum Gasteiger partial charge on any atom is -0.754 e. The van der Waals surface area contributed by atoms with E-state index in [1.54, 1.807) is 92.4 Å². The van der Waals surface area contributed by atoms with Gasteiger partial charge in [-0.1, -0.05) is 117 Å². The van der Waals surface area contributed by atoms with Crippen LogP contribution in [0.1, 0.15) is 123 Å². The fourth-order valence-electron chi connectivity index (χ4n) is 14.1. The Morgan fingerprint density at radius 3 is 1.79 bits per heavy atom. The van der Waals surface area contributed by atoms with Crippen LogP contribution in [0.4, 0.5) is 56.7 Å². The molecule has 0 atom stereocenters. The molecule has 1 aliphatic carbocycles. The van der Waals surface area contributed by atoms with Gasteiger partial charge >= 0.3 is 225 Å². The van der Waals surface area contributed by atoms with Gasteiger partial charge < -0.3 is 58.7 Å². The van der Waals surface area contributed by atoms with Crippen LogP contribution in [-0.4, -0.2) is 156 Å². The quantitative estimate of drug-likeness (QED) is 0.00883. The predicted molar refractivity (Wildman–Crippen MR) is 475 cm³/mol. The Hall–Kier alpha value is -7.27. The van der Waals surface area contributed by atoms with Crippen molar-refractivity contribution in [3.8, 4) is 22.3 Å². The first kappa shape index (κ1) is 130. The fraction of sp³-hybridized carbons (Fsp3) is 0.205. The third-order valence-corrected chi connectivity index (χ3v) is 25.3. The number of nitrogens with zero attached hydrogens (tertiary/aromatic N) is 10. The maximum Gasteiger partial charge on any atom is 1.00 e. The van der Waals surface area contributed by atoms with E-state index in [0.29, 0.717) is 86.8 Å². The smallest absolute Gasteiger partial charge is 0.754 e. The third-order valence-electron chi connectivity index (χ3n) is 19.7. The van der Waals surface area contributed by atoms with Crippen molar-refractivity contribution in [2.75, 3.05) is 33.9 Å². The second-order valence-electron chi connectivity index (χ2n) is 28.4. The minimum absolute atomic E-state index is 0. The average Bonchev–Trinajstić information content (AvgIpc) is 1.05. The molecule has 58 heteroatoms. The molecule has 0 unspecified atom stereocenters. The number of fused-ring (bicyclic) bond motifs is 4. The normalized spacial score (nSPS) is 11.0. The molecule has 0 bridgehead atoms. The van der Waals surface area contributed by atoms with Gasteiger partial charge in [0.05, 0.1) is 79.8 Å². The number of ketones is 2. The molecule has 1 aliphatic rings. The summed E-state index contributed by atoms with van der Waals surface area (Å²) in [5, 5.41) is 47.3. The number of amides is 1. The van der Waals surface area contributed by atoms with Crippen molar-refractivity contribution in [3.63, 3.8) is 0 Å². The zero-order valence-corrected chi connectivity index (χ0v) is 93.6. The van der Waals surface area contributed by atoms with E-state index < -0.39 is 121 Å². The van der Waals surface area contributed by atoms with Gasteiger partial charge in [-0.25, -0.2) is 40.2 Å². The van der Waals surface area contributed by atoms with Gasteiger partial charge in [-0.15, -0.1) is 65.3 Å². The summed E-state index contributed by atoms with van der Waals surface area (Å²) < 4.78 is 226. The number of aliphatic carboxylic acids is 1. The zero-order chi connectivity index (χ0) is 97.8. The van der Waals surface area contributed by atoms with Gasteiger partial charge in [-0.2, -0.15) is 75.2 Å². The maximum atomic E-state index is 14.2. The maximum absolute atomic E-state index is 14.2. The molecule has 5 aromatic heterocycles. The van der Waals surface area contributed by atoms with Gasteiger partial charge in [0.2, 0.25) is 11.0 Å². The summed E-state index contributed by atoms with van der Waals surface area (Å²) in [4.78, 5) is 79.3. The van der Waals surface area contributed by atoms with Crippen molar-refractivity contribution in [1.29, 1.82) is 5.26 Å². The number of nitriles is 1. The van der Waals surface area contributed by atoms with E-state index in [0.717, 1.165) is 57.6 Å². The van der Waals surface area contributed by atoms with E-state index in [1.807, 2.05) is 26.8 Å². The van der Waals surface area contributed by atoms with E-state index in [1.165, 1.54) is 65.7 Å². The molecule has 0 radical (unpaired) electrons. The molecule has 5 heterocycles. The van der Waals surface area contributed by atoms with E-state index in [4.69, 9.17) is 53.0 Å². The number of thiazole rings is 2. The minimum atomic E-state index is -5.05. The summed E-state index contributed by atoms with van der Waals surface area (Å²) in [6, 6.07) is 43.6. The van der Waals surface area contributed by atoms with E-state index in [2.05, 4.69) is 60.7 Å². The summed E-state index contributed by atoms with van der Waals surface area (Å²) in [5.41, 5.74) is 6.61. The molecule has 1 amide bonds. The van der Waals surface area contributed by atoms with Crippen LogP contribution < -0.4 is 231 Å². The van der Waals surface area contributed by atoms with Crippen LogP contribution in [0.2, 0.25) is 0 Å². The number of rotatable bonds is 28. The van der Waals surface area contributed by atoms with Crippen LogP contribution in [-0.2, 0) is 108 Å². The second kappa shape index (κ2) is 56.6. The molecular formula is C83H68Li4N14Na4O27S9. The molecule has 0 spiro atoms. The number of nitrogens with one attached hydrogen (secondary N) is 4. The molecule has 141 heavy (non-hydrogen) atoms. The first-order valence-electron chi connectivity index (χ1n) is 38.6. The number of aromatic nitrogens is 6. The standard InChI is InChI=1S/C45H41N10O9S5.C38H32N4O9S.4Li.4Na.3O3S/c1-8-27-17-23(4)18-28(9-2)40(27)50-42-39(51-52-43-32(22-46)26(7)53-55(43)45-48-34-15-13-30(68(59,60)61)21-37(34)66-45)25(6)19-38(49-42)54(35-16-11-24(5)41(31(35)10-3)69(62,63)64)44-47-33-14-12-29(67(56,57)58)20-36(33)65-44;1-42-28-17-16-26(40-23-15-18-29(52(49,50)51)27(20-23)41-30(43)21-39-19-9-3-6-14-31(44)45)33-34(28)32(24-12-7-8-13-25(24)37(33)47)35(38(42)48)36(46)22-10-4-2-5-11-22;;;;;;;;;3*1-4(2)3/h11-17,19-21H,8-10H2,1-7H3,(H,49,50)(H,56,57,58)(H,59,60,61)(H,62,63,64);2,4,7-8,10-13,16-18,20,39-40H,3,6,9,14,19,21H2,1H3,(H,41,43)(H,44,45)(H,49,50,51);;;;;;;;;;;/q-1;-2;8*+1;;;/p-5. The summed E-state index contributed by atoms with van der Waals surface area (Å²) in [5.74, 6) is -2.48. The van der Waals surface area contributed by atoms with Gasteiger partial charge in [0.15, 0.2) is 16.7 Å². The summed E-state index contributed by atoms with van der Waals surface area (Å²) in [7, 11) is -27.5. The number of aryl methyl sites for hydroxylation is 7. The van der Waals surface area contributed by atoms with Crippen LogP contribution in [0, 0.1) is 57.2 Å². The zero-order valence-electron chi connectivity index (χ0n) is 78.2. The van der Waals surface area contributed by atoms with E-state index in [-0.39, 0.29) is 319 Å². The number of carbonyl (C=O) groups is 4. The molecule has 0 saturated carbocycles.